The maximum Gasteiger partial charge on any atom is 0.151 e. The average molecular weight is 234 g/mol. The van der Waals surface area contributed by atoms with Crippen LogP contribution in [0.1, 0.15) is 32.1 Å². The van der Waals surface area contributed by atoms with Crippen LogP contribution in [0.5, 0.6) is 0 Å². The minimum Gasteiger partial charge on any atom is -0.237 e. The number of thiazole rings is 1. The first-order valence-corrected chi connectivity index (χ1v) is 6.70. The molecule has 72 valence electrons. The van der Waals surface area contributed by atoms with Gasteiger partial charge in [0.25, 0.3) is 0 Å². The predicted molar refractivity (Wildman–Crippen MR) is 59.9 cm³/mol. The van der Waals surface area contributed by atoms with E-state index in [1.807, 2.05) is 11.8 Å². The second-order valence-corrected chi connectivity index (χ2v) is 6.52. The summed E-state index contributed by atoms with van der Waals surface area (Å²) in [6, 6.07) is 0. The molecule has 1 heterocycles. The Morgan fingerprint density at radius 2 is 2.15 bits per heavy atom. The molecule has 1 fully saturated rings. The Labute approximate surface area is 91.9 Å². The molecule has 0 saturated heterocycles. The first-order chi connectivity index (χ1) is 6.34. The highest BCUT2D eigenvalue weighted by molar-refractivity contribution is 8.01. The third kappa shape index (κ3) is 2.86. The molecule has 0 radical (unpaired) electrons. The van der Waals surface area contributed by atoms with E-state index in [0.717, 1.165) is 13.9 Å². The number of hydrogen-bond acceptors (Lipinski definition) is 3. The quantitative estimate of drug-likeness (QED) is 0.759. The van der Waals surface area contributed by atoms with Gasteiger partial charge >= 0.3 is 0 Å². The van der Waals surface area contributed by atoms with Crippen LogP contribution in [-0.4, -0.2) is 10.2 Å². The summed E-state index contributed by atoms with van der Waals surface area (Å²) in [5, 5.41) is 0.788. The summed E-state index contributed by atoms with van der Waals surface area (Å²) in [5.41, 5.74) is 0. The second kappa shape index (κ2) is 4.67. The molecule has 1 aromatic rings. The van der Waals surface area contributed by atoms with Crippen molar-refractivity contribution in [1.29, 1.82) is 0 Å². The average Bonchev–Trinajstić information content (AvgIpc) is 2.53. The maximum atomic E-state index is 5.82. The summed E-state index contributed by atoms with van der Waals surface area (Å²) in [4.78, 5) is 4.26. The van der Waals surface area contributed by atoms with Gasteiger partial charge in [-0.05, 0) is 12.8 Å². The zero-order chi connectivity index (χ0) is 9.10. The molecular weight excluding hydrogens is 222 g/mol. The third-order valence-electron chi connectivity index (χ3n) is 2.28. The van der Waals surface area contributed by atoms with Gasteiger partial charge < -0.3 is 0 Å². The standard InChI is InChI=1S/C9H12ClNS2/c10-8-6-11-9(13-8)12-7-4-2-1-3-5-7/h6-7H,1-5H2. The van der Waals surface area contributed by atoms with Crippen LogP contribution in [0.2, 0.25) is 4.34 Å². The van der Waals surface area contributed by atoms with Gasteiger partial charge in [0.05, 0.1) is 6.20 Å². The van der Waals surface area contributed by atoms with E-state index in [-0.39, 0.29) is 0 Å². The van der Waals surface area contributed by atoms with E-state index in [2.05, 4.69) is 4.98 Å². The lowest BCUT2D eigenvalue weighted by atomic mass is 10.0. The van der Waals surface area contributed by atoms with Gasteiger partial charge in [-0.25, -0.2) is 4.98 Å². The first kappa shape index (κ1) is 9.81. The zero-order valence-corrected chi connectivity index (χ0v) is 9.72. The molecule has 0 spiro atoms. The molecule has 1 aliphatic carbocycles. The summed E-state index contributed by atoms with van der Waals surface area (Å²) in [6.45, 7) is 0. The molecule has 1 nitrogen and oxygen atoms in total. The van der Waals surface area contributed by atoms with Crippen LogP contribution in [0.3, 0.4) is 0 Å². The topological polar surface area (TPSA) is 12.9 Å². The normalized spacial score (nSPS) is 19.2. The molecule has 0 aliphatic heterocycles. The van der Waals surface area contributed by atoms with Crippen LogP contribution < -0.4 is 0 Å². The van der Waals surface area contributed by atoms with Crippen molar-refractivity contribution >= 4 is 34.7 Å². The third-order valence-corrected chi connectivity index (χ3v) is 4.84. The van der Waals surface area contributed by atoms with E-state index in [0.29, 0.717) is 0 Å². The Morgan fingerprint density at radius 3 is 2.77 bits per heavy atom. The van der Waals surface area contributed by atoms with Gasteiger partial charge in [0.15, 0.2) is 4.34 Å². The van der Waals surface area contributed by atoms with Gasteiger partial charge in [-0.15, -0.1) is 0 Å². The zero-order valence-electron chi connectivity index (χ0n) is 7.33. The van der Waals surface area contributed by atoms with Gasteiger partial charge in [0.1, 0.15) is 4.34 Å². The monoisotopic (exact) mass is 233 g/mol. The molecule has 1 aliphatic rings. The minimum absolute atomic E-state index is 0.788. The van der Waals surface area contributed by atoms with Crippen LogP contribution >= 0.6 is 34.7 Å². The molecule has 13 heavy (non-hydrogen) atoms. The fourth-order valence-electron chi connectivity index (χ4n) is 1.62. The SMILES string of the molecule is Clc1cnc(SC2CCCCC2)s1. The summed E-state index contributed by atoms with van der Waals surface area (Å²) in [5.74, 6) is 0. The van der Waals surface area contributed by atoms with Crippen molar-refractivity contribution in [2.24, 2.45) is 0 Å². The fraction of sp³-hybridized carbons (Fsp3) is 0.667. The van der Waals surface area contributed by atoms with E-state index in [1.165, 1.54) is 32.1 Å². The largest absolute Gasteiger partial charge is 0.237 e. The van der Waals surface area contributed by atoms with Crippen LogP contribution in [0.25, 0.3) is 0 Å². The summed E-state index contributed by atoms with van der Waals surface area (Å²) in [6.07, 6.45) is 8.63. The minimum atomic E-state index is 0.788. The molecule has 1 aromatic heterocycles. The molecule has 2 rings (SSSR count). The van der Waals surface area contributed by atoms with E-state index in [1.54, 1.807) is 17.5 Å². The van der Waals surface area contributed by atoms with Crippen molar-refractivity contribution in [3.8, 4) is 0 Å². The van der Waals surface area contributed by atoms with E-state index in [4.69, 9.17) is 11.6 Å². The van der Waals surface area contributed by atoms with Crippen molar-refractivity contribution in [2.75, 3.05) is 0 Å². The Hall–Kier alpha value is 0.270. The lowest BCUT2D eigenvalue weighted by Crippen LogP contribution is -2.07. The molecule has 0 aromatic carbocycles. The lowest BCUT2D eigenvalue weighted by Gasteiger charge is -2.19. The van der Waals surface area contributed by atoms with Crippen molar-refractivity contribution in [2.45, 2.75) is 41.7 Å². The highest BCUT2D eigenvalue weighted by Crippen LogP contribution is 2.36. The first-order valence-electron chi connectivity index (χ1n) is 4.62. The Morgan fingerprint density at radius 1 is 1.38 bits per heavy atom. The van der Waals surface area contributed by atoms with Gasteiger partial charge in [-0.1, -0.05) is 54.0 Å². The van der Waals surface area contributed by atoms with E-state index in [9.17, 15) is 0 Å². The highest BCUT2D eigenvalue weighted by Gasteiger charge is 2.15. The van der Waals surface area contributed by atoms with Crippen LogP contribution in [-0.2, 0) is 0 Å². The van der Waals surface area contributed by atoms with Gasteiger partial charge in [0, 0.05) is 5.25 Å². The summed E-state index contributed by atoms with van der Waals surface area (Å²) >= 11 is 9.33. The maximum absolute atomic E-state index is 5.82. The second-order valence-electron chi connectivity index (χ2n) is 3.31. The fourth-order valence-corrected chi connectivity index (χ4v) is 4.24. The molecule has 0 N–H and O–H groups in total. The highest BCUT2D eigenvalue weighted by atomic mass is 35.5. The van der Waals surface area contributed by atoms with Crippen LogP contribution in [0.15, 0.2) is 10.5 Å². The predicted octanol–water partition coefficient (Wildman–Crippen LogP) is 4.22. The van der Waals surface area contributed by atoms with Crippen molar-refractivity contribution < 1.29 is 0 Å². The van der Waals surface area contributed by atoms with Crippen molar-refractivity contribution in [3.05, 3.63) is 10.5 Å². The Balaban J connectivity index is 1.89. The van der Waals surface area contributed by atoms with Gasteiger partial charge in [-0.3, -0.25) is 0 Å². The molecule has 0 atom stereocenters. The van der Waals surface area contributed by atoms with Gasteiger partial charge in [0.2, 0.25) is 0 Å². The number of nitrogens with zero attached hydrogens (tertiary/aromatic N) is 1. The molecule has 0 bridgehead atoms. The number of rotatable bonds is 2. The van der Waals surface area contributed by atoms with Crippen LogP contribution in [0.4, 0.5) is 0 Å². The summed E-state index contributed by atoms with van der Waals surface area (Å²) in [7, 11) is 0. The van der Waals surface area contributed by atoms with Gasteiger partial charge in [-0.2, -0.15) is 0 Å². The molecule has 0 unspecified atom stereocenters. The lowest BCUT2D eigenvalue weighted by molar-refractivity contribution is 0.516. The number of hydrogen-bond donors (Lipinski definition) is 0. The Bertz CT molecular complexity index is 268. The molecule has 0 amide bonds. The summed E-state index contributed by atoms with van der Waals surface area (Å²) < 4.78 is 1.94. The molecular formula is C9H12ClNS2. The van der Waals surface area contributed by atoms with Crippen molar-refractivity contribution in [3.63, 3.8) is 0 Å². The number of aromatic nitrogens is 1. The number of thioether (sulfide) groups is 1. The smallest absolute Gasteiger partial charge is 0.151 e. The Kier molecular flexibility index (Phi) is 3.52. The molecule has 4 heteroatoms. The molecule has 1 saturated carbocycles. The van der Waals surface area contributed by atoms with Crippen LogP contribution in [0, 0.1) is 0 Å². The van der Waals surface area contributed by atoms with E-state index < -0.39 is 0 Å². The van der Waals surface area contributed by atoms with Crippen molar-refractivity contribution in [1.82, 2.24) is 4.98 Å². The number of halogens is 1. The van der Waals surface area contributed by atoms with E-state index >= 15 is 0 Å².